The van der Waals surface area contributed by atoms with E-state index >= 15 is 0 Å². The summed E-state index contributed by atoms with van der Waals surface area (Å²) in [6.07, 6.45) is 5.86. The number of rotatable bonds is 8. The third-order valence-corrected chi connectivity index (χ3v) is 10.9. The van der Waals surface area contributed by atoms with Crippen LogP contribution in [0.5, 0.6) is 5.75 Å². The number of aromatic hydroxyl groups is 1. The molecule has 1 N–H and O–H groups in total. The van der Waals surface area contributed by atoms with Gasteiger partial charge in [0.15, 0.2) is 0 Å². The van der Waals surface area contributed by atoms with Crippen molar-refractivity contribution in [1.29, 1.82) is 0 Å². The second-order valence-corrected chi connectivity index (χ2v) is 10.8. The molecule has 1 nitrogen and oxygen atoms in total. The lowest BCUT2D eigenvalue weighted by molar-refractivity contribution is 0.463. The fourth-order valence-corrected chi connectivity index (χ4v) is 10.4. The highest BCUT2D eigenvalue weighted by Crippen LogP contribution is 2.33. The largest absolute Gasteiger partial charge is 0.507 e. The van der Waals surface area contributed by atoms with Crippen molar-refractivity contribution in [1.82, 2.24) is 0 Å². The fraction of sp³-hybridized carbons (Fsp3) is 0.625. The van der Waals surface area contributed by atoms with Crippen LogP contribution in [0.2, 0.25) is 18.1 Å². The van der Waals surface area contributed by atoms with E-state index in [0.717, 1.165) is 4.90 Å². The maximum Gasteiger partial charge on any atom is 0.129 e. The zero-order chi connectivity index (χ0) is 14.3. The molecular weight excluding hydrogens is 268 g/mol. The van der Waals surface area contributed by atoms with Crippen LogP contribution in [0.1, 0.15) is 40.0 Å². The minimum absolute atomic E-state index is 0.477. The summed E-state index contributed by atoms with van der Waals surface area (Å²) in [7, 11) is -1.45. The van der Waals surface area contributed by atoms with Gasteiger partial charge in [-0.05, 0) is 17.5 Å². The minimum atomic E-state index is -1.45. The lowest BCUT2D eigenvalue weighted by Crippen LogP contribution is -2.48. The molecule has 0 aliphatic carbocycles. The molecule has 108 valence electrons. The standard InChI is InChI=1S/C16H28OSSi/c1-5-11-19(12-6-2,13-7-3)15-10-8-9-14(17)16(15)18-4/h8-10,17H,5-7,11-13H2,1-4H3. The molecule has 0 fully saturated rings. The topological polar surface area (TPSA) is 20.2 Å². The molecule has 1 aromatic rings. The van der Waals surface area contributed by atoms with Crippen LogP contribution in [0.25, 0.3) is 0 Å². The van der Waals surface area contributed by atoms with E-state index in [1.165, 1.54) is 42.6 Å². The molecule has 0 aromatic heterocycles. The van der Waals surface area contributed by atoms with Gasteiger partial charge in [-0.25, -0.2) is 0 Å². The maximum absolute atomic E-state index is 10.2. The van der Waals surface area contributed by atoms with Gasteiger partial charge in [0, 0.05) is 4.90 Å². The molecule has 1 rings (SSSR count). The Balaban J connectivity index is 3.33. The zero-order valence-corrected chi connectivity index (χ0v) is 14.6. The Morgan fingerprint density at radius 2 is 1.53 bits per heavy atom. The van der Waals surface area contributed by atoms with Crippen molar-refractivity contribution in [2.24, 2.45) is 0 Å². The highest BCUT2D eigenvalue weighted by Gasteiger charge is 2.34. The number of thioether (sulfide) groups is 1. The highest BCUT2D eigenvalue weighted by atomic mass is 32.2. The van der Waals surface area contributed by atoms with Gasteiger partial charge >= 0.3 is 0 Å². The Kier molecular flexibility index (Phi) is 7.01. The molecule has 0 amide bonds. The Bertz CT molecular complexity index is 375. The third-order valence-electron chi connectivity index (χ3n) is 3.96. The molecule has 0 saturated carbocycles. The van der Waals surface area contributed by atoms with Gasteiger partial charge in [0.25, 0.3) is 0 Å². The van der Waals surface area contributed by atoms with Crippen LogP contribution in [0.3, 0.4) is 0 Å². The van der Waals surface area contributed by atoms with Crippen molar-refractivity contribution in [3.05, 3.63) is 18.2 Å². The first kappa shape index (κ1) is 16.6. The molecule has 0 atom stereocenters. The summed E-state index contributed by atoms with van der Waals surface area (Å²) in [5.41, 5.74) is 0. The van der Waals surface area contributed by atoms with E-state index in [9.17, 15) is 5.11 Å². The van der Waals surface area contributed by atoms with E-state index in [4.69, 9.17) is 0 Å². The number of hydrogen-bond acceptors (Lipinski definition) is 2. The molecule has 0 aliphatic heterocycles. The zero-order valence-electron chi connectivity index (χ0n) is 12.8. The average molecular weight is 297 g/mol. The molecular formula is C16H28OSSi. The second kappa shape index (κ2) is 8.00. The molecule has 0 bridgehead atoms. The quantitative estimate of drug-likeness (QED) is 0.538. The van der Waals surface area contributed by atoms with Crippen LogP contribution >= 0.6 is 11.8 Å². The van der Waals surface area contributed by atoms with Crippen LogP contribution in [-0.4, -0.2) is 19.4 Å². The van der Waals surface area contributed by atoms with E-state index in [0.29, 0.717) is 5.75 Å². The number of phenolic OH excluding ortho intramolecular Hbond substituents is 1. The lowest BCUT2D eigenvalue weighted by atomic mass is 10.3. The summed E-state index contributed by atoms with van der Waals surface area (Å²) in [6, 6.07) is 10.2. The highest BCUT2D eigenvalue weighted by molar-refractivity contribution is 7.99. The predicted octanol–water partition coefficient (Wildman–Crippen LogP) is 5.00. The van der Waals surface area contributed by atoms with Crippen LogP contribution in [0, 0.1) is 0 Å². The maximum atomic E-state index is 10.2. The van der Waals surface area contributed by atoms with Gasteiger partial charge in [0.2, 0.25) is 0 Å². The van der Waals surface area contributed by atoms with E-state index in [2.05, 4.69) is 33.1 Å². The predicted molar refractivity (Wildman–Crippen MR) is 90.6 cm³/mol. The summed E-state index contributed by atoms with van der Waals surface area (Å²) >= 11 is 1.71. The lowest BCUT2D eigenvalue weighted by Gasteiger charge is -2.33. The van der Waals surface area contributed by atoms with Gasteiger partial charge in [-0.15, -0.1) is 11.8 Å². The summed E-state index contributed by atoms with van der Waals surface area (Å²) in [5, 5.41) is 11.7. The minimum Gasteiger partial charge on any atom is -0.507 e. The Hall–Kier alpha value is -0.413. The Morgan fingerprint density at radius 1 is 1.00 bits per heavy atom. The molecule has 19 heavy (non-hydrogen) atoms. The molecule has 0 spiro atoms. The van der Waals surface area contributed by atoms with E-state index < -0.39 is 8.07 Å². The van der Waals surface area contributed by atoms with Crippen molar-refractivity contribution in [3.8, 4) is 5.75 Å². The van der Waals surface area contributed by atoms with Gasteiger partial charge in [0.1, 0.15) is 5.75 Å². The molecule has 0 heterocycles. The summed E-state index contributed by atoms with van der Waals surface area (Å²) in [5.74, 6) is 0.477. The summed E-state index contributed by atoms with van der Waals surface area (Å²) in [4.78, 5) is 1.14. The summed E-state index contributed by atoms with van der Waals surface area (Å²) in [6.45, 7) is 6.90. The van der Waals surface area contributed by atoms with Crippen molar-refractivity contribution >= 4 is 25.0 Å². The monoisotopic (exact) mass is 296 g/mol. The molecule has 0 unspecified atom stereocenters. The molecule has 3 heteroatoms. The molecule has 0 radical (unpaired) electrons. The number of benzene rings is 1. The molecule has 0 aliphatic rings. The summed E-state index contributed by atoms with van der Waals surface area (Å²) < 4.78 is 0. The second-order valence-electron chi connectivity index (χ2n) is 5.39. The first-order valence-corrected chi connectivity index (χ1v) is 11.4. The fourth-order valence-electron chi connectivity index (χ4n) is 3.37. The van der Waals surface area contributed by atoms with Crippen LogP contribution in [-0.2, 0) is 0 Å². The third kappa shape index (κ3) is 3.79. The molecule has 0 saturated heterocycles. The normalized spacial score (nSPS) is 11.8. The van der Waals surface area contributed by atoms with Crippen LogP contribution in [0.4, 0.5) is 0 Å². The van der Waals surface area contributed by atoms with Crippen LogP contribution < -0.4 is 5.19 Å². The van der Waals surface area contributed by atoms with Crippen molar-refractivity contribution in [2.75, 3.05) is 6.26 Å². The number of phenols is 1. The number of hydrogen-bond donors (Lipinski definition) is 1. The van der Waals surface area contributed by atoms with E-state index in [1.54, 1.807) is 11.8 Å². The average Bonchev–Trinajstić information content (AvgIpc) is 2.39. The van der Waals surface area contributed by atoms with E-state index in [1.807, 2.05) is 12.1 Å². The SMILES string of the molecule is CCC[Si](CCC)(CCC)c1cccc(O)c1SC. The van der Waals surface area contributed by atoms with Crippen molar-refractivity contribution < 1.29 is 5.11 Å². The van der Waals surface area contributed by atoms with Gasteiger partial charge in [0.05, 0.1) is 8.07 Å². The first-order valence-electron chi connectivity index (χ1n) is 7.51. The van der Waals surface area contributed by atoms with Gasteiger partial charge in [-0.2, -0.15) is 0 Å². The molecule has 1 aromatic carbocycles. The Labute approximate surface area is 123 Å². The van der Waals surface area contributed by atoms with Gasteiger partial charge < -0.3 is 5.11 Å². The van der Waals surface area contributed by atoms with Crippen molar-refractivity contribution in [2.45, 2.75) is 63.1 Å². The van der Waals surface area contributed by atoms with Gasteiger partial charge in [-0.3, -0.25) is 0 Å². The van der Waals surface area contributed by atoms with Gasteiger partial charge in [-0.1, -0.05) is 70.3 Å². The van der Waals surface area contributed by atoms with E-state index in [-0.39, 0.29) is 0 Å². The van der Waals surface area contributed by atoms with Crippen LogP contribution in [0.15, 0.2) is 23.1 Å². The Morgan fingerprint density at radius 3 is 1.95 bits per heavy atom. The smallest absolute Gasteiger partial charge is 0.129 e. The van der Waals surface area contributed by atoms with Crippen molar-refractivity contribution in [3.63, 3.8) is 0 Å². The first-order chi connectivity index (χ1) is 9.15.